The highest BCUT2D eigenvalue weighted by Crippen LogP contribution is 2.21. The molecule has 1 atom stereocenters. The summed E-state index contributed by atoms with van der Waals surface area (Å²) in [7, 11) is 5.62. The van der Waals surface area contributed by atoms with E-state index in [9.17, 15) is 4.79 Å². The van der Waals surface area contributed by atoms with Gasteiger partial charge < -0.3 is 19.1 Å². The lowest BCUT2D eigenvalue weighted by atomic mass is 10.0. The minimum absolute atomic E-state index is 0.142. The number of para-hydroxylation sites is 1. The second kappa shape index (κ2) is 13.7. The standard InChI is InChI=1S/C26H37NO4/c1-5-6-7-12-26(28)31-24(19-27(2)3)20-30-25-11-9-8-10-22(25)16-13-21-14-17-23(29-4)18-15-21/h8-11,14-15,17-18,24H,5-7,12-13,16,19-20H2,1-4H3. The fourth-order valence-electron chi connectivity index (χ4n) is 3.40. The van der Waals surface area contributed by atoms with Crippen molar-refractivity contribution >= 4 is 5.97 Å². The number of hydrogen-bond acceptors (Lipinski definition) is 5. The van der Waals surface area contributed by atoms with E-state index in [4.69, 9.17) is 14.2 Å². The van der Waals surface area contributed by atoms with Crippen molar-refractivity contribution in [1.29, 1.82) is 0 Å². The van der Waals surface area contributed by atoms with E-state index in [0.29, 0.717) is 19.6 Å². The Kier molecular flexibility index (Phi) is 10.9. The van der Waals surface area contributed by atoms with Crippen LogP contribution in [0.15, 0.2) is 48.5 Å². The number of carbonyl (C=O) groups excluding carboxylic acids is 1. The Morgan fingerprint density at radius 1 is 1.00 bits per heavy atom. The zero-order valence-electron chi connectivity index (χ0n) is 19.4. The predicted octanol–water partition coefficient (Wildman–Crippen LogP) is 4.91. The molecule has 170 valence electrons. The predicted molar refractivity (Wildman–Crippen MR) is 125 cm³/mol. The molecule has 31 heavy (non-hydrogen) atoms. The first-order valence-corrected chi connectivity index (χ1v) is 11.2. The molecule has 0 N–H and O–H groups in total. The van der Waals surface area contributed by atoms with Crippen LogP contribution in [0, 0.1) is 0 Å². The summed E-state index contributed by atoms with van der Waals surface area (Å²) in [4.78, 5) is 14.2. The largest absolute Gasteiger partial charge is 0.497 e. The van der Waals surface area contributed by atoms with Crippen LogP contribution in [0.2, 0.25) is 0 Å². The molecular formula is C26H37NO4. The average Bonchev–Trinajstić information content (AvgIpc) is 2.76. The molecule has 0 spiro atoms. The second-order valence-electron chi connectivity index (χ2n) is 8.10. The van der Waals surface area contributed by atoms with Gasteiger partial charge in [0.05, 0.1) is 7.11 Å². The average molecular weight is 428 g/mol. The summed E-state index contributed by atoms with van der Waals surface area (Å²) in [6.45, 7) is 3.10. The van der Waals surface area contributed by atoms with Gasteiger partial charge in [-0.15, -0.1) is 0 Å². The van der Waals surface area contributed by atoms with Gasteiger partial charge in [0.15, 0.2) is 0 Å². The van der Waals surface area contributed by atoms with Crippen molar-refractivity contribution < 1.29 is 19.0 Å². The molecule has 5 heteroatoms. The molecular weight excluding hydrogens is 390 g/mol. The van der Waals surface area contributed by atoms with Crippen LogP contribution in [0.5, 0.6) is 11.5 Å². The number of benzene rings is 2. The highest BCUT2D eigenvalue weighted by atomic mass is 16.6. The molecule has 0 aliphatic rings. The Morgan fingerprint density at radius 2 is 1.74 bits per heavy atom. The van der Waals surface area contributed by atoms with Gasteiger partial charge in [-0.1, -0.05) is 50.1 Å². The van der Waals surface area contributed by atoms with Crippen molar-refractivity contribution in [3.05, 3.63) is 59.7 Å². The van der Waals surface area contributed by atoms with E-state index < -0.39 is 0 Å². The molecule has 0 saturated carbocycles. The third kappa shape index (κ3) is 9.43. The Balaban J connectivity index is 1.94. The molecule has 2 aromatic rings. The van der Waals surface area contributed by atoms with Gasteiger partial charge in [0.25, 0.3) is 0 Å². The summed E-state index contributed by atoms with van der Waals surface area (Å²) in [6, 6.07) is 16.2. The van der Waals surface area contributed by atoms with E-state index in [-0.39, 0.29) is 12.1 Å². The van der Waals surface area contributed by atoms with Crippen LogP contribution >= 0.6 is 0 Å². The summed E-state index contributed by atoms with van der Waals surface area (Å²) >= 11 is 0. The van der Waals surface area contributed by atoms with Crippen LogP contribution in [0.25, 0.3) is 0 Å². The number of aryl methyl sites for hydroxylation is 2. The van der Waals surface area contributed by atoms with Gasteiger partial charge in [0.2, 0.25) is 0 Å². The minimum atomic E-state index is -0.293. The van der Waals surface area contributed by atoms with Crippen LogP contribution in [-0.2, 0) is 22.4 Å². The van der Waals surface area contributed by atoms with E-state index in [1.807, 2.05) is 49.3 Å². The van der Waals surface area contributed by atoms with Crippen molar-refractivity contribution in [1.82, 2.24) is 4.90 Å². The third-order valence-corrected chi connectivity index (χ3v) is 5.09. The molecule has 0 radical (unpaired) electrons. The molecule has 5 nitrogen and oxygen atoms in total. The number of esters is 1. The van der Waals surface area contributed by atoms with Gasteiger partial charge in [-0.2, -0.15) is 0 Å². The van der Waals surface area contributed by atoms with Crippen LogP contribution in [0.1, 0.15) is 43.7 Å². The molecule has 0 aliphatic carbocycles. The topological polar surface area (TPSA) is 48.0 Å². The van der Waals surface area contributed by atoms with E-state index in [1.165, 1.54) is 5.56 Å². The molecule has 1 unspecified atom stereocenters. The van der Waals surface area contributed by atoms with E-state index >= 15 is 0 Å². The Bertz CT molecular complexity index is 773. The molecule has 2 rings (SSSR count). The van der Waals surface area contributed by atoms with Gasteiger partial charge in [0, 0.05) is 13.0 Å². The zero-order valence-corrected chi connectivity index (χ0v) is 19.4. The minimum Gasteiger partial charge on any atom is -0.497 e. The number of unbranched alkanes of at least 4 members (excludes halogenated alkanes) is 2. The molecule has 0 fully saturated rings. The number of nitrogens with zero attached hydrogens (tertiary/aromatic N) is 1. The molecule has 0 aliphatic heterocycles. The second-order valence-corrected chi connectivity index (χ2v) is 8.10. The Morgan fingerprint density at radius 3 is 2.42 bits per heavy atom. The molecule has 0 saturated heterocycles. The summed E-state index contributed by atoms with van der Waals surface area (Å²) in [5.74, 6) is 1.57. The first kappa shape index (κ1) is 24.7. The Labute approximate surface area is 187 Å². The van der Waals surface area contributed by atoms with Crippen LogP contribution < -0.4 is 9.47 Å². The normalized spacial score (nSPS) is 11.9. The number of likely N-dealkylation sites (N-methyl/N-ethyl adjacent to an activating group) is 1. The molecule has 0 aromatic heterocycles. The van der Waals surface area contributed by atoms with Gasteiger partial charge in [0.1, 0.15) is 24.2 Å². The van der Waals surface area contributed by atoms with Gasteiger partial charge >= 0.3 is 5.97 Å². The lowest BCUT2D eigenvalue weighted by molar-refractivity contribution is -0.151. The zero-order chi connectivity index (χ0) is 22.5. The van der Waals surface area contributed by atoms with Crippen molar-refractivity contribution in [2.24, 2.45) is 0 Å². The van der Waals surface area contributed by atoms with E-state index in [2.05, 4.69) is 25.1 Å². The van der Waals surface area contributed by atoms with Crippen molar-refractivity contribution in [3.63, 3.8) is 0 Å². The van der Waals surface area contributed by atoms with Gasteiger partial charge in [-0.05, 0) is 62.7 Å². The number of ether oxygens (including phenoxy) is 3. The SMILES string of the molecule is CCCCCC(=O)OC(COc1ccccc1CCc1ccc(OC)cc1)CN(C)C. The highest BCUT2D eigenvalue weighted by molar-refractivity contribution is 5.69. The van der Waals surface area contributed by atoms with Crippen molar-refractivity contribution in [3.8, 4) is 11.5 Å². The first-order chi connectivity index (χ1) is 15.0. The molecule has 2 aromatic carbocycles. The number of carbonyl (C=O) groups is 1. The van der Waals surface area contributed by atoms with Crippen LogP contribution in [-0.4, -0.2) is 51.3 Å². The lowest BCUT2D eigenvalue weighted by Gasteiger charge is -2.22. The maximum absolute atomic E-state index is 12.2. The first-order valence-electron chi connectivity index (χ1n) is 11.2. The maximum Gasteiger partial charge on any atom is 0.306 e. The van der Waals surface area contributed by atoms with Crippen LogP contribution in [0.3, 0.4) is 0 Å². The van der Waals surface area contributed by atoms with E-state index in [1.54, 1.807) is 7.11 Å². The third-order valence-electron chi connectivity index (χ3n) is 5.09. The molecule has 0 bridgehead atoms. The van der Waals surface area contributed by atoms with Crippen molar-refractivity contribution in [2.75, 3.05) is 34.4 Å². The fourth-order valence-corrected chi connectivity index (χ4v) is 3.40. The highest BCUT2D eigenvalue weighted by Gasteiger charge is 2.17. The summed E-state index contributed by atoms with van der Waals surface area (Å²) in [5, 5.41) is 0. The molecule has 0 amide bonds. The summed E-state index contributed by atoms with van der Waals surface area (Å²) < 4.78 is 17.1. The lowest BCUT2D eigenvalue weighted by Crippen LogP contribution is -2.35. The number of methoxy groups -OCH3 is 1. The smallest absolute Gasteiger partial charge is 0.306 e. The van der Waals surface area contributed by atoms with Crippen molar-refractivity contribution in [2.45, 2.75) is 51.6 Å². The maximum atomic E-state index is 12.2. The summed E-state index contributed by atoms with van der Waals surface area (Å²) in [5.41, 5.74) is 2.40. The fraction of sp³-hybridized carbons (Fsp3) is 0.500. The van der Waals surface area contributed by atoms with E-state index in [0.717, 1.165) is 49.2 Å². The van der Waals surface area contributed by atoms with Gasteiger partial charge in [-0.3, -0.25) is 4.79 Å². The Hall–Kier alpha value is -2.53. The summed E-state index contributed by atoms with van der Waals surface area (Å²) in [6.07, 6.45) is 4.97. The molecule has 0 heterocycles. The van der Waals surface area contributed by atoms with Gasteiger partial charge in [-0.25, -0.2) is 0 Å². The quantitative estimate of drug-likeness (QED) is 0.317. The number of rotatable bonds is 14. The monoisotopic (exact) mass is 427 g/mol. The number of hydrogen-bond donors (Lipinski definition) is 0. The van der Waals surface area contributed by atoms with Crippen LogP contribution in [0.4, 0.5) is 0 Å².